The smallest absolute Gasteiger partial charge is 0.349 e. The highest BCUT2D eigenvalue weighted by Gasteiger charge is 2.19. The van der Waals surface area contributed by atoms with Gasteiger partial charge in [-0.1, -0.05) is 6.58 Å². The van der Waals surface area contributed by atoms with E-state index in [9.17, 15) is 24.5 Å². The Hall–Kier alpha value is -3.03. The highest BCUT2D eigenvalue weighted by molar-refractivity contribution is 5.89. The topological polar surface area (TPSA) is 113 Å². The molecule has 0 amide bonds. The molecule has 0 heterocycles. The van der Waals surface area contributed by atoms with E-state index in [0.717, 1.165) is 12.1 Å². The van der Waals surface area contributed by atoms with Crippen LogP contribution < -0.4 is 4.74 Å². The lowest BCUT2D eigenvalue weighted by molar-refractivity contribution is -0.385. The summed E-state index contributed by atoms with van der Waals surface area (Å²) < 4.78 is 9.28. The first-order valence-corrected chi connectivity index (χ1v) is 5.62. The van der Waals surface area contributed by atoms with Crippen molar-refractivity contribution in [1.82, 2.24) is 0 Å². The van der Waals surface area contributed by atoms with Crippen LogP contribution in [0.1, 0.15) is 17.3 Å². The van der Waals surface area contributed by atoms with E-state index in [0.29, 0.717) is 6.29 Å². The van der Waals surface area contributed by atoms with Crippen molar-refractivity contribution in [2.45, 2.75) is 6.92 Å². The van der Waals surface area contributed by atoms with Gasteiger partial charge in [0.25, 0.3) is 0 Å². The number of rotatable bonds is 6. The van der Waals surface area contributed by atoms with Crippen LogP contribution in [0.3, 0.4) is 0 Å². The summed E-state index contributed by atoms with van der Waals surface area (Å²) in [5, 5.41) is 10.8. The first-order chi connectivity index (χ1) is 9.85. The highest BCUT2D eigenvalue weighted by atomic mass is 16.6. The van der Waals surface area contributed by atoms with E-state index in [-0.39, 0.29) is 16.9 Å². The van der Waals surface area contributed by atoms with Gasteiger partial charge in [0.2, 0.25) is 5.75 Å². The molecule has 0 atom stereocenters. The quantitative estimate of drug-likeness (QED) is 0.195. The number of hydrogen-bond acceptors (Lipinski definition) is 7. The van der Waals surface area contributed by atoms with Crippen molar-refractivity contribution >= 4 is 23.9 Å². The first kappa shape index (κ1) is 16.0. The molecule has 0 bridgehead atoms. The molecule has 8 nitrogen and oxygen atoms in total. The highest BCUT2D eigenvalue weighted by Crippen LogP contribution is 2.27. The maximum atomic E-state index is 11.4. The van der Waals surface area contributed by atoms with Crippen LogP contribution in [0.2, 0.25) is 0 Å². The van der Waals surface area contributed by atoms with Gasteiger partial charge in [-0.05, 0) is 19.1 Å². The van der Waals surface area contributed by atoms with Crippen LogP contribution in [0, 0.1) is 10.1 Å². The second-order valence-electron chi connectivity index (χ2n) is 3.93. The average molecular weight is 293 g/mol. The number of benzene rings is 1. The lowest BCUT2D eigenvalue weighted by atomic mass is 10.2. The van der Waals surface area contributed by atoms with Crippen LogP contribution in [0.5, 0.6) is 5.75 Å². The Balaban J connectivity index is 2.80. The summed E-state index contributed by atoms with van der Waals surface area (Å²) in [6.07, 6.45) is 0.424. The molecule has 0 fully saturated rings. The predicted molar refractivity (Wildman–Crippen MR) is 69.9 cm³/mol. The zero-order chi connectivity index (χ0) is 16.0. The summed E-state index contributed by atoms with van der Waals surface area (Å²) in [7, 11) is 0. The summed E-state index contributed by atoms with van der Waals surface area (Å²) in [4.78, 5) is 43.1. The largest absolute Gasteiger partial charge is 0.450 e. The third-order valence-corrected chi connectivity index (χ3v) is 2.21. The molecule has 0 unspecified atom stereocenters. The van der Waals surface area contributed by atoms with Crippen LogP contribution in [0.4, 0.5) is 5.69 Å². The number of esters is 2. The Morgan fingerprint density at radius 1 is 1.43 bits per heavy atom. The zero-order valence-electron chi connectivity index (χ0n) is 11.0. The van der Waals surface area contributed by atoms with Crippen molar-refractivity contribution < 1.29 is 28.8 Å². The van der Waals surface area contributed by atoms with Crippen molar-refractivity contribution in [3.05, 3.63) is 46.0 Å². The van der Waals surface area contributed by atoms with Crippen LogP contribution in [-0.4, -0.2) is 29.8 Å². The SMILES string of the molecule is C=C(C)C(=O)OCC(=O)Oc1ccc(C=O)cc1[N+](=O)[O-]. The van der Waals surface area contributed by atoms with Crippen molar-refractivity contribution in [3.63, 3.8) is 0 Å². The molecule has 0 aliphatic heterocycles. The molecule has 1 aromatic carbocycles. The standard InChI is InChI=1S/C13H11NO7/c1-8(2)13(17)20-7-12(16)21-11-4-3-9(6-15)5-10(11)14(18)19/h3-6H,1,7H2,2H3. The van der Waals surface area contributed by atoms with Crippen molar-refractivity contribution in [2.24, 2.45) is 0 Å². The fourth-order valence-corrected chi connectivity index (χ4v) is 1.24. The monoisotopic (exact) mass is 293 g/mol. The summed E-state index contributed by atoms with van der Waals surface area (Å²) in [6, 6.07) is 3.33. The van der Waals surface area contributed by atoms with Gasteiger partial charge in [0, 0.05) is 17.2 Å². The van der Waals surface area contributed by atoms with E-state index in [1.165, 1.54) is 13.0 Å². The molecule has 0 saturated heterocycles. The lowest BCUT2D eigenvalue weighted by Gasteiger charge is -2.06. The Bertz CT molecular complexity index is 621. The number of carbonyl (C=O) groups is 3. The minimum absolute atomic E-state index is 0.0650. The van der Waals surface area contributed by atoms with E-state index in [4.69, 9.17) is 4.74 Å². The van der Waals surface area contributed by atoms with Gasteiger partial charge in [-0.15, -0.1) is 0 Å². The van der Waals surface area contributed by atoms with Crippen LogP contribution in [-0.2, 0) is 14.3 Å². The fraction of sp³-hybridized carbons (Fsp3) is 0.154. The molecule has 8 heteroatoms. The van der Waals surface area contributed by atoms with Gasteiger partial charge in [0.05, 0.1) is 4.92 Å². The van der Waals surface area contributed by atoms with Gasteiger partial charge in [0.1, 0.15) is 6.29 Å². The fourth-order valence-electron chi connectivity index (χ4n) is 1.24. The van der Waals surface area contributed by atoms with Gasteiger partial charge >= 0.3 is 17.6 Å². The summed E-state index contributed by atoms with van der Waals surface area (Å²) in [5.41, 5.74) is -0.376. The zero-order valence-corrected chi connectivity index (χ0v) is 11.0. The number of nitro groups is 1. The lowest BCUT2D eigenvalue weighted by Crippen LogP contribution is -2.19. The molecule has 0 radical (unpaired) electrons. The summed E-state index contributed by atoms with van der Waals surface area (Å²) in [5.74, 6) is -2.12. The molecule has 0 N–H and O–H groups in total. The molecule has 0 aromatic heterocycles. The average Bonchev–Trinajstić information content (AvgIpc) is 2.44. The van der Waals surface area contributed by atoms with Gasteiger partial charge in [0.15, 0.2) is 6.61 Å². The maximum Gasteiger partial charge on any atom is 0.349 e. The molecule has 0 spiro atoms. The molecule has 21 heavy (non-hydrogen) atoms. The van der Waals surface area contributed by atoms with E-state index in [1.807, 2.05) is 0 Å². The van der Waals surface area contributed by atoms with E-state index >= 15 is 0 Å². The number of hydrogen-bond donors (Lipinski definition) is 0. The molecule has 110 valence electrons. The molecule has 0 saturated carbocycles. The molecule has 1 aromatic rings. The Morgan fingerprint density at radius 3 is 2.62 bits per heavy atom. The maximum absolute atomic E-state index is 11.4. The number of carbonyl (C=O) groups excluding carboxylic acids is 3. The van der Waals surface area contributed by atoms with Crippen molar-refractivity contribution in [3.8, 4) is 5.75 Å². The molecule has 0 aliphatic rings. The number of nitro benzene ring substituents is 1. The molecule has 0 aliphatic carbocycles. The van der Waals surface area contributed by atoms with Crippen LogP contribution in [0.25, 0.3) is 0 Å². The van der Waals surface area contributed by atoms with E-state index in [1.54, 1.807) is 0 Å². The summed E-state index contributed by atoms with van der Waals surface area (Å²) in [6.45, 7) is 4.01. The van der Waals surface area contributed by atoms with Crippen molar-refractivity contribution in [2.75, 3.05) is 6.61 Å². The van der Waals surface area contributed by atoms with Crippen LogP contribution in [0.15, 0.2) is 30.4 Å². The van der Waals surface area contributed by atoms with Crippen LogP contribution >= 0.6 is 0 Å². The normalized spacial score (nSPS) is 9.57. The second kappa shape index (κ2) is 6.94. The minimum Gasteiger partial charge on any atom is -0.450 e. The number of ether oxygens (including phenoxy) is 2. The van der Waals surface area contributed by atoms with Crippen molar-refractivity contribution in [1.29, 1.82) is 0 Å². The third-order valence-electron chi connectivity index (χ3n) is 2.21. The molecule has 1 rings (SSSR count). The summed E-state index contributed by atoms with van der Waals surface area (Å²) >= 11 is 0. The van der Waals surface area contributed by atoms with Gasteiger partial charge in [-0.2, -0.15) is 0 Å². The molecular formula is C13H11NO7. The molecular weight excluding hydrogens is 282 g/mol. The first-order valence-electron chi connectivity index (χ1n) is 5.62. The Labute approximate surface area is 119 Å². The predicted octanol–water partition coefficient (Wildman–Crippen LogP) is 1.43. The Morgan fingerprint density at radius 2 is 2.10 bits per heavy atom. The minimum atomic E-state index is -0.994. The third kappa shape index (κ3) is 4.53. The Kier molecular flexibility index (Phi) is 5.30. The van der Waals surface area contributed by atoms with Gasteiger partial charge in [-0.25, -0.2) is 9.59 Å². The number of nitrogens with zero attached hydrogens (tertiary/aromatic N) is 1. The second-order valence-corrected chi connectivity index (χ2v) is 3.93. The van der Waals surface area contributed by atoms with Gasteiger partial charge in [-0.3, -0.25) is 14.9 Å². The van der Waals surface area contributed by atoms with Gasteiger partial charge < -0.3 is 9.47 Å². The number of aldehydes is 1. The van der Waals surface area contributed by atoms with E-state index in [2.05, 4.69) is 11.3 Å². The van der Waals surface area contributed by atoms with E-state index < -0.39 is 29.2 Å².